The van der Waals surface area contributed by atoms with Crippen molar-refractivity contribution in [2.75, 3.05) is 20.1 Å². The molecule has 1 aliphatic heterocycles. The average Bonchev–Trinajstić information content (AvgIpc) is 2.94. The lowest BCUT2D eigenvalue weighted by Crippen LogP contribution is -2.37. The summed E-state index contributed by atoms with van der Waals surface area (Å²) in [5.74, 6) is -0.154. The van der Waals surface area contributed by atoms with Gasteiger partial charge in [-0.3, -0.25) is 4.99 Å². The van der Waals surface area contributed by atoms with Crippen LogP contribution in [0.1, 0.15) is 17.9 Å². The number of hydrogen-bond acceptors (Lipinski definition) is 3. The van der Waals surface area contributed by atoms with Crippen molar-refractivity contribution in [1.82, 2.24) is 10.2 Å². The lowest BCUT2D eigenvalue weighted by molar-refractivity contribution is 0.528. The normalized spacial score (nSPS) is 24.8. The molecule has 0 bridgehead atoms. The highest BCUT2D eigenvalue weighted by Crippen LogP contribution is 2.43. The lowest BCUT2D eigenvalue weighted by atomic mass is 10.1. The monoisotopic (exact) mass is 379 g/mol. The second kappa shape index (κ2) is 5.60. The van der Waals surface area contributed by atoms with Crippen LogP contribution in [0, 0.1) is 11.6 Å². The van der Waals surface area contributed by atoms with Gasteiger partial charge in [0.25, 0.3) is 0 Å². The maximum absolute atomic E-state index is 13.6. The number of likely N-dealkylation sites (N-methyl/N-ethyl adjacent to an activating group) is 1. The van der Waals surface area contributed by atoms with Crippen LogP contribution in [0.3, 0.4) is 0 Å². The zero-order valence-corrected chi connectivity index (χ0v) is 12.9. The van der Waals surface area contributed by atoms with Gasteiger partial charge in [0.1, 0.15) is 11.6 Å². The molecule has 0 radical (unpaired) electrons. The summed E-state index contributed by atoms with van der Waals surface area (Å²) in [4.78, 5) is 6.33. The third kappa shape index (κ3) is 2.82. The largest absolute Gasteiger partial charge is 0.353 e. The highest BCUT2D eigenvalue weighted by molar-refractivity contribution is 14.0. The van der Waals surface area contributed by atoms with Crippen LogP contribution in [-0.4, -0.2) is 37.0 Å². The maximum Gasteiger partial charge on any atom is 0.194 e. The van der Waals surface area contributed by atoms with Crippen molar-refractivity contribution in [1.29, 1.82) is 0 Å². The van der Waals surface area contributed by atoms with E-state index < -0.39 is 11.6 Å². The molecule has 3 rings (SSSR count). The molecule has 1 N–H and O–H groups in total. The minimum Gasteiger partial charge on any atom is -0.353 e. The van der Waals surface area contributed by atoms with E-state index in [1.54, 1.807) is 0 Å². The van der Waals surface area contributed by atoms with E-state index in [9.17, 15) is 8.78 Å². The van der Waals surface area contributed by atoms with Gasteiger partial charge in [-0.25, -0.2) is 8.78 Å². The van der Waals surface area contributed by atoms with Crippen molar-refractivity contribution < 1.29 is 8.78 Å². The van der Waals surface area contributed by atoms with Crippen LogP contribution in [0.25, 0.3) is 0 Å². The summed E-state index contributed by atoms with van der Waals surface area (Å²) >= 11 is 0. The van der Waals surface area contributed by atoms with E-state index >= 15 is 0 Å². The summed E-state index contributed by atoms with van der Waals surface area (Å²) in [7, 11) is 1.96. The Morgan fingerprint density at radius 2 is 2.00 bits per heavy atom. The quantitative estimate of drug-likeness (QED) is 0.799. The van der Waals surface area contributed by atoms with E-state index in [-0.39, 0.29) is 41.5 Å². The van der Waals surface area contributed by atoms with Gasteiger partial charge in [0.15, 0.2) is 5.96 Å². The average molecular weight is 379 g/mol. The Kier molecular flexibility index (Phi) is 4.27. The molecule has 2 aliphatic rings. The first-order chi connectivity index (χ1) is 8.66. The maximum atomic E-state index is 13.6. The highest BCUT2D eigenvalue weighted by Gasteiger charge is 2.42. The number of aliphatic imine (C=N–C) groups is 1. The Bertz CT molecular complexity index is 486. The topological polar surface area (TPSA) is 27.6 Å². The summed E-state index contributed by atoms with van der Waals surface area (Å²) in [5.41, 5.74) is 0.205. The summed E-state index contributed by atoms with van der Waals surface area (Å²) in [6.45, 7) is 1.68. The van der Waals surface area contributed by atoms with Gasteiger partial charge in [-0.1, -0.05) is 6.07 Å². The van der Waals surface area contributed by atoms with E-state index in [1.807, 2.05) is 11.9 Å². The first-order valence-corrected chi connectivity index (χ1v) is 6.13. The minimum atomic E-state index is -0.453. The molecule has 1 aromatic carbocycles. The van der Waals surface area contributed by atoms with Gasteiger partial charge in [0, 0.05) is 31.1 Å². The van der Waals surface area contributed by atoms with Crippen LogP contribution < -0.4 is 5.32 Å². The molecule has 2 atom stereocenters. The van der Waals surface area contributed by atoms with E-state index in [2.05, 4.69) is 10.3 Å². The molecule has 0 unspecified atom stereocenters. The molecular weight excluding hydrogens is 363 g/mol. The van der Waals surface area contributed by atoms with Gasteiger partial charge < -0.3 is 10.2 Å². The van der Waals surface area contributed by atoms with Crippen molar-refractivity contribution in [2.45, 2.75) is 18.4 Å². The van der Waals surface area contributed by atoms with Crippen molar-refractivity contribution in [3.63, 3.8) is 0 Å². The third-order valence-corrected chi connectivity index (χ3v) is 3.53. The van der Waals surface area contributed by atoms with Crippen molar-refractivity contribution in [3.05, 3.63) is 35.4 Å². The number of guanidine groups is 1. The first kappa shape index (κ1) is 14.5. The van der Waals surface area contributed by atoms with Crippen LogP contribution in [0.2, 0.25) is 0 Å². The van der Waals surface area contributed by atoms with Crippen LogP contribution in [0.5, 0.6) is 0 Å². The number of hydrogen-bond donors (Lipinski definition) is 1. The van der Waals surface area contributed by atoms with Gasteiger partial charge in [-0.2, -0.15) is 0 Å². The molecule has 0 spiro atoms. The molecule has 1 fully saturated rings. The van der Waals surface area contributed by atoms with Crippen molar-refractivity contribution in [3.8, 4) is 0 Å². The smallest absolute Gasteiger partial charge is 0.194 e. The van der Waals surface area contributed by atoms with E-state index in [1.165, 1.54) is 18.2 Å². The predicted molar refractivity (Wildman–Crippen MR) is 81.0 cm³/mol. The molecule has 0 amide bonds. The van der Waals surface area contributed by atoms with Crippen LogP contribution in [0.4, 0.5) is 8.78 Å². The Labute approximate surface area is 128 Å². The molecule has 6 heteroatoms. The molecule has 3 nitrogen and oxygen atoms in total. The zero-order valence-electron chi connectivity index (χ0n) is 10.6. The Balaban J connectivity index is 0.00000133. The molecule has 19 heavy (non-hydrogen) atoms. The van der Waals surface area contributed by atoms with Crippen molar-refractivity contribution >= 4 is 29.9 Å². The van der Waals surface area contributed by atoms with Gasteiger partial charge in [-0.15, -0.1) is 24.0 Å². The first-order valence-electron chi connectivity index (χ1n) is 6.13. The number of nitrogens with one attached hydrogen (secondary N) is 1. The Morgan fingerprint density at radius 1 is 1.32 bits per heavy atom. The number of halogens is 3. The minimum absolute atomic E-state index is 0. The third-order valence-electron chi connectivity index (χ3n) is 3.53. The van der Waals surface area contributed by atoms with E-state index in [4.69, 9.17) is 0 Å². The summed E-state index contributed by atoms with van der Waals surface area (Å²) < 4.78 is 27.2. The zero-order chi connectivity index (χ0) is 12.7. The molecule has 1 aromatic rings. The molecule has 104 valence electrons. The molecule has 0 saturated heterocycles. The predicted octanol–water partition coefficient (Wildman–Crippen LogP) is 2.33. The number of rotatable bonds is 2. The van der Waals surface area contributed by atoms with Gasteiger partial charge in [-0.05, 0) is 18.6 Å². The number of benzene rings is 1. The Morgan fingerprint density at radius 3 is 2.58 bits per heavy atom. The summed E-state index contributed by atoms with van der Waals surface area (Å²) in [6, 6.07) is 4.11. The standard InChI is InChI=1S/C13H15F2N3.HI/c1-18-6-5-16-13(18)17-11-7-8(11)12-9(14)3-2-4-10(12)15;/h2-4,8,11H,5-7H2,1H3,(H,16,17);1H/t8-,11-;/m1./s1. The van der Waals surface area contributed by atoms with Crippen LogP contribution >= 0.6 is 24.0 Å². The van der Waals surface area contributed by atoms with Crippen LogP contribution in [0.15, 0.2) is 23.2 Å². The summed E-state index contributed by atoms with van der Waals surface area (Å²) in [6.07, 6.45) is 0.755. The van der Waals surface area contributed by atoms with Gasteiger partial charge >= 0.3 is 0 Å². The molecular formula is C13H16F2IN3. The fourth-order valence-electron chi connectivity index (χ4n) is 2.39. The Hall–Kier alpha value is -0.920. The second-order valence-corrected chi connectivity index (χ2v) is 4.86. The highest BCUT2D eigenvalue weighted by atomic mass is 127. The van der Waals surface area contributed by atoms with E-state index in [0.717, 1.165) is 25.5 Å². The lowest BCUT2D eigenvalue weighted by Gasteiger charge is -2.15. The fraction of sp³-hybridized carbons (Fsp3) is 0.462. The van der Waals surface area contributed by atoms with Crippen LogP contribution in [-0.2, 0) is 0 Å². The SMILES string of the molecule is CN1CCN=C1N[C@@H]1C[C@H]1c1c(F)cccc1F.I. The molecule has 1 aliphatic carbocycles. The second-order valence-electron chi connectivity index (χ2n) is 4.86. The van der Waals surface area contributed by atoms with E-state index in [0.29, 0.717) is 0 Å². The van der Waals surface area contributed by atoms with Gasteiger partial charge in [0.05, 0.1) is 6.54 Å². The van der Waals surface area contributed by atoms with Crippen molar-refractivity contribution in [2.24, 2.45) is 4.99 Å². The summed E-state index contributed by atoms with van der Waals surface area (Å²) in [5, 5.41) is 3.25. The number of nitrogens with zero attached hydrogens (tertiary/aromatic N) is 2. The molecule has 1 heterocycles. The fourth-order valence-corrected chi connectivity index (χ4v) is 2.39. The molecule has 0 aromatic heterocycles. The molecule has 1 saturated carbocycles. The van der Waals surface area contributed by atoms with Gasteiger partial charge in [0.2, 0.25) is 0 Å².